The summed E-state index contributed by atoms with van der Waals surface area (Å²) in [6.45, 7) is 4.11. The van der Waals surface area contributed by atoms with Crippen LogP contribution >= 0.6 is 12.6 Å². The SMILES string of the molecule is CC(C)CC(NC(=O)C(CS)NC(=O)C(N)C(C)O)C(=O)NC(CO)C(=O)O. The molecular formula is C16H30N4O7S. The Labute approximate surface area is 168 Å². The number of amides is 3. The molecule has 8 N–H and O–H groups in total. The highest BCUT2D eigenvalue weighted by Crippen LogP contribution is 2.06. The number of carbonyl (C=O) groups excluding carboxylic acids is 3. The van der Waals surface area contributed by atoms with Gasteiger partial charge in [-0.1, -0.05) is 13.8 Å². The van der Waals surface area contributed by atoms with Gasteiger partial charge in [0.2, 0.25) is 17.7 Å². The van der Waals surface area contributed by atoms with Crippen LogP contribution in [0.1, 0.15) is 27.2 Å². The molecule has 0 aliphatic rings. The van der Waals surface area contributed by atoms with Crippen molar-refractivity contribution < 1.29 is 34.5 Å². The number of aliphatic hydroxyl groups is 2. The van der Waals surface area contributed by atoms with Crippen molar-refractivity contribution in [1.29, 1.82) is 0 Å². The second-order valence-electron chi connectivity index (χ2n) is 6.78. The lowest BCUT2D eigenvalue weighted by Gasteiger charge is -2.25. The van der Waals surface area contributed by atoms with E-state index in [1.807, 2.05) is 0 Å². The van der Waals surface area contributed by atoms with Crippen molar-refractivity contribution >= 4 is 36.3 Å². The minimum Gasteiger partial charge on any atom is -0.480 e. The van der Waals surface area contributed by atoms with Crippen molar-refractivity contribution in [3.05, 3.63) is 0 Å². The van der Waals surface area contributed by atoms with E-state index < -0.39 is 60.6 Å². The third-order valence-electron chi connectivity index (χ3n) is 3.78. The van der Waals surface area contributed by atoms with Gasteiger partial charge in [0.05, 0.1) is 12.7 Å². The first kappa shape index (κ1) is 26.1. The van der Waals surface area contributed by atoms with Crippen LogP contribution in [0.5, 0.6) is 0 Å². The molecule has 0 fully saturated rings. The van der Waals surface area contributed by atoms with Crippen molar-refractivity contribution in [3.8, 4) is 0 Å². The van der Waals surface area contributed by atoms with Gasteiger partial charge in [-0.05, 0) is 19.3 Å². The molecule has 0 saturated carbocycles. The Bertz CT molecular complexity index is 559. The van der Waals surface area contributed by atoms with E-state index in [1.54, 1.807) is 13.8 Å². The van der Waals surface area contributed by atoms with Crippen LogP contribution in [0, 0.1) is 5.92 Å². The molecule has 0 rings (SSSR count). The quantitative estimate of drug-likeness (QED) is 0.155. The summed E-state index contributed by atoms with van der Waals surface area (Å²) in [5.41, 5.74) is 5.51. The summed E-state index contributed by atoms with van der Waals surface area (Å²) in [6.07, 6.45) is -0.940. The summed E-state index contributed by atoms with van der Waals surface area (Å²) in [4.78, 5) is 47.7. The van der Waals surface area contributed by atoms with Crippen molar-refractivity contribution in [2.75, 3.05) is 12.4 Å². The minimum absolute atomic E-state index is 0.0267. The topological polar surface area (TPSA) is 191 Å². The first-order valence-corrected chi connectivity index (χ1v) is 9.37. The Morgan fingerprint density at radius 1 is 0.929 bits per heavy atom. The lowest BCUT2D eigenvalue weighted by atomic mass is 10.0. The van der Waals surface area contributed by atoms with E-state index in [4.69, 9.17) is 15.9 Å². The van der Waals surface area contributed by atoms with Crippen LogP contribution in [-0.2, 0) is 19.2 Å². The minimum atomic E-state index is -1.51. The van der Waals surface area contributed by atoms with Crippen LogP contribution in [0.25, 0.3) is 0 Å². The summed E-state index contributed by atoms with van der Waals surface area (Å²) in [6, 6.07) is -4.98. The molecule has 28 heavy (non-hydrogen) atoms. The van der Waals surface area contributed by atoms with Crippen LogP contribution in [0.15, 0.2) is 0 Å². The Balaban J connectivity index is 5.18. The van der Waals surface area contributed by atoms with Crippen LogP contribution in [0.3, 0.4) is 0 Å². The summed E-state index contributed by atoms with van der Waals surface area (Å²) in [7, 11) is 0. The van der Waals surface area contributed by atoms with Crippen LogP contribution in [0.2, 0.25) is 0 Å². The van der Waals surface area contributed by atoms with Gasteiger partial charge >= 0.3 is 5.97 Å². The summed E-state index contributed by atoms with van der Waals surface area (Å²) >= 11 is 4.00. The number of carboxylic acid groups (broad SMARTS) is 1. The van der Waals surface area contributed by atoms with Gasteiger partial charge in [-0.25, -0.2) is 4.79 Å². The lowest BCUT2D eigenvalue weighted by Crippen LogP contribution is -2.59. The Hall–Kier alpha value is -1.89. The maximum Gasteiger partial charge on any atom is 0.328 e. The van der Waals surface area contributed by atoms with Gasteiger partial charge in [-0.15, -0.1) is 0 Å². The Kier molecular flexibility index (Phi) is 11.7. The van der Waals surface area contributed by atoms with Gasteiger partial charge in [0.25, 0.3) is 0 Å². The Morgan fingerprint density at radius 3 is 1.79 bits per heavy atom. The van der Waals surface area contributed by atoms with Crippen LogP contribution in [-0.4, -0.2) is 81.6 Å². The second kappa shape index (κ2) is 12.5. The van der Waals surface area contributed by atoms with Gasteiger partial charge in [-0.2, -0.15) is 12.6 Å². The van der Waals surface area contributed by atoms with Crippen molar-refractivity contribution in [2.45, 2.75) is 57.5 Å². The molecule has 0 aromatic rings. The highest BCUT2D eigenvalue weighted by molar-refractivity contribution is 7.80. The van der Waals surface area contributed by atoms with Crippen LogP contribution in [0.4, 0.5) is 0 Å². The predicted molar refractivity (Wildman–Crippen MR) is 103 cm³/mol. The number of thiol groups is 1. The fourth-order valence-corrected chi connectivity index (χ4v) is 2.37. The number of rotatable bonds is 12. The molecule has 0 spiro atoms. The molecule has 0 saturated heterocycles. The average molecular weight is 423 g/mol. The van der Waals surface area contributed by atoms with E-state index in [9.17, 15) is 24.3 Å². The highest BCUT2D eigenvalue weighted by Gasteiger charge is 2.30. The molecule has 0 aliphatic carbocycles. The van der Waals surface area contributed by atoms with Gasteiger partial charge < -0.3 is 37.0 Å². The zero-order chi connectivity index (χ0) is 22.0. The lowest BCUT2D eigenvalue weighted by molar-refractivity contribution is -0.143. The van der Waals surface area contributed by atoms with E-state index in [1.165, 1.54) is 6.92 Å². The molecule has 0 bridgehead atoms. The molecule has 162 valence electrons. The number of nitrogens with one attached hydrogen (secondary N) is 3. The molecule has 0 heterocycles. The second-order valence-corrected chi connectivity index (χ2v) is 7.15. The van der Waals surface area contributed by atoms with Crippen molar-refractivity contribution in [1.82, 2.24) is 16.0 Å². The monoisotopic (exact) mass is 422 g/mol. The van der Waals surface area contributed by atoms with E-state index >= 15 is 0 Å². The molecule has 0 radical (unpaired) electrons. The fraction of sp³-hybridized carbons (Fsp3) is 0.750. The highest BCUT2D eigenvalue weighted by atomic mass is 32.1. The number of aliphatic hydroxyl groups excluding tert-OH is 2. The van der Waals surface area contributed by atoms with Gasteiger partial charge in [0.15, 0.2) is 0 Å². The van der Waals surface area contributed by atoms with Crippen molar-refractivity contribution in [2.24, 2.45) is 11.7 Å². The molecule has 0 aliphatic heterocycles. The number of hydrogen-bond acceptors (Lipinski definition) is 8. The zero-order valence-electron chi connectivity index (χ0n) is 16.1. The first-order chi connectivity index (χ1) is 12.9. The van der Waals surface area contributed by atoms with E-state index in [0.717, 1.165) is 0 Å². The number of carboxylic acids is 1. The zero-order valence-corrected chi connectivity index (χ0v) is 17.0. The summed E-state index contributed by atoms with van der Waals surface area (Å²) in [5, 5.41) is 34.3. The number of carbonyl (C=O) groups is 4. The molecule has 0 aromatic heterocycles. The smallest absolute Gasteiger partial charge is 0.328 e. The predicted octanol–water partition coefficient (Wildman–Crippen LogP) is -2.80. The molecule has 12 heteroatoms. The molecule has 0 aromatic carbocycles. The Morgan fingerprint density at radius 2 is 1.39 bits per heavy atom. The third kappa shape index (κ3) is 8.87. The van der Waals surface area contributed by atoms with Crippen molar-refractivity contribution in [3.63, 3.8) is 0 Å². The third-order valence-corrected chi connectivity index (χ3v) is 4.14. The number of aliphatic carboxylic acids is 1. The average Bonchev–Trinajstić information content (AvgIpc) is 2.61. The number of nitrogens with two attached hydrogens (primary N) is 1. The van der Waals surface area contributed by atoms with Gasteiger partial charge in [0, 0.05) is 5.75 Å². The normalized spacial score (nSPS) is 16.4. The molecular weight excluding hydrogens is 392 g/mol. The van der Waals surface area contributed by atoms with Gasteiger partial charge in [0.1, 0.15) is 24.2 Å². The molecule has 5 unspecified atom stereocenters. The molecule has 11 nitrogen and oxygen atoms in total. The summed E-state index contributed by atoms with van der Waals surface area (Å²) in [5.74, 6) is -3.82. The van der Waals surface area contributed by atoms with E-state index in [2.05, 4.69) is 28.6 Å². The van der Waals surface area contributed by atoms with Crippen LogP contribution < -0.4 is 21.7 Å². The standard InChI is InChI=1S/C16H30N4O7S/c1-7(2)4-9(13(23)19-10(5-21)16(26)27)18-14(24)11(6-28)20-15(25)12(17)8(3)22/h7-12,21-22,28H,4-6,17H2,1-3H3,(H,18,24)(H,19,23)(H,20,25)(H,26,27). The first-order valence-electron chi connectivity index (χ1n) is 8.73. The largest absolute Gasteiger partial charge is 0.480 e. The molecule has 3 amide bonds. The maximum atomic E-state index is 12.5. The fourth-order valence-electron chi connectivity index (χ4n) is 2.11. The summed E-state index contributed by atoms with van der Waals surface area (Å²) < 4.78 is 0. The van der Waals surface area contributed by atoms with Gasteiger partial charge in [-0.3, -0.25) is 14.4 Å². The number of hydrogen-bond donors (Lipinski definition) is 8. The maximum absolute atomic E-state index is 12.5. The van der Waals surface area contributed by atoms with E-state index in [-0.39, 0.29) is 18.1 Å². The molecule has 5 atom stereocenters. The van der Waals surface area contributed by atoms with E-state index in [0.29, 0.717) is 0 Å².